The number of pyridine rings is 1. The summed E-state index contributed by atoms with van der Waals surface area (Å²) >= 11 is 0. The molecular weight excluding hydrogens is 258 g/mol. The van der Waals surface area contributed by atoms with Crippen LogP contribution in [0.4, 0.5) is 0 Å². The SMILES string of the molecule is COc1ccc(COc2cc(CO)ncc2OC)cc1. The third-order valence-electron chi connectivity index (χ3n) is 2.82. The van der Waals surface area contributed by atoms with Gasteiger partial charge in [-0.2, -0.15) is 0 Å². The number of rotatable bonds is 6. The van der Waals surface area contributed by atoms with Gasteiger partial charge in [0.2, 0.25) is 0 Å². The van der Waals surface area contributed by atoms with Crippen molar-refractivity contribution in [1.29, 1.82) is 0 Å². The predicted molar refractivity (Wildman–Crippen MR) is 74.0 cm³/mol. The van der Waals surface area contributed by atoms with Crippen molar-refractivity contribution in [3.63, 3.8) is 0 Å². The van der Waals surface area contributed by atoms with Crippen LogP contribution in [0.3, 0.4) is 0 Å². The van der Waals surface area contributed by atoms with Gasteiger partial charge in [0.1, 0.15) is 12.4 Å². The Kier molecular flexibility index (Phi) is 4.79. The zero-order chi connectivity index (χ0) is 14.4. The molecule has 2 aromatic rings. The number of benzene rings is 1. The van der Waals surface area contributed by atoms with Gasteiger partial charge in [0.25, 0.3) is 0 Å². The molecule has 1 aromatic carbocycles. The highest BCUT2D eigenvalue weighted by atomic mass is 16.5. The summed E-state index contributed by atoms with van der Waals surface area (Å²) in [4.78, 5) is 4.03. The summed E-state index contributed by atoms with van der Waals surface area (Å²) in [6.07, 6.45) is 1.54. The van der Waals surface area contributed by atoms with E-state index >= 15 is 0 Å². The molecule has 0 saturated heterocycles. The molecule has 20 heavy (non-hydrogen) atoms. The van der Waals surface area contributed by atoms with Gasteiger partial charge in [-0.3, -0.25) is 4.98 Å². The molecule has 0 bridgehead atoms. The molecule has 0 fully saturated rings. The molecule has 5 heteroatoms. The van der Waals surface area contributed by atoms with E-state index in [0.29, 0.717) is 23.8 Å². The van der Waals surface area contributed by atoms with Crippen molar-refractivity contribution in [1.82, 2.24) is 4.98 Å². The Morgan fingerprint density at radius 2 is 1.80 bits per heavy atom. The molecule has 0 spiro atoms. The largest absolute Gasteiger partial charge is 0.497 e. The van der Waals surface area contributed by atoms with E-state index in [9.17, 15) is 0 Å². The lowest BCUT2D eigenvalue weighted by Crippen LogP contribution is -2.00. The van der Waals surface area contributed by atoms with Crippen LogP contribution in [0.2, 0.25) is 0 Å². The minimum atomic E-state index is -0.136. The van der Waals surface area contributed by atoms with Gasteiger partial charge < -0.3 is 19.3 Å². The van der Waals surface area contributed by atoms with Crippen molar-refractivity contribution < 1.29 is 19.3 Å². The van der Waals surface area contributed by atoms with E-state index in [-0.39, 0.29) is 6.61 Å². The number of nitrogens with zero attached hydrogens (tertiary/aromatic N) is 1. The fourth-order valence-corrected chi connectivity index (χ4v) is 1.70. The van der Waals surface area contributed by atoms with Gasteiger partial charge in [0.05, 0.1) is 32.7 Å². The molecule has 0 atom stereocenters. The minimum Gasteiger partial charge on any atom is -0.497 e. The lowest BCUT2D eigenvalue weighted by molar-refractivity contribution is 0.266. The first kappa shape index (κ1) is 14.1. The van der Waals surface area contributed by atoms with Gasteiger partial charge in [0, 0.05) is 6.07 Å². The molecule has 0 saturated carbocycles. The monoisotopic (exact) mass is 275 g/mol. The van der Waals surface area contributed by atoms with Crippen LogP contribution < -0.4 is 14.2 Å². The van der Waals surface area contributed by atoms with Crippen molar-refractivity contribution in [2.24, 2.45) is 0 Å². The molecule has 0 aliphatic heterocycles. The summed E-state index contributed by atoms with van der Waals surface area (Å²) in [6, 6.07) is 9.28. The zero-order valence-corrected chi connectivity index (χ0v) is 11.5. The lowest BCUT2D eigenvalue weighted by Gasteiger charge is -2.11. The Bertz CT molecular complexity index is 554. The molecule has 0 amide bonds. The van der Waals surface area contributed by atoms with Crippen LogP contribution in [-0.2, 0) is 13.2 Å². The summed E-state index contributed by atoms with van der Waals surface area (Å²) in [7, 11) is 3.18. The summed E-state index contributed by atoms with van der Waals surface area (Å²) < 4.78 is 16.0. The Morgan fingerprint density at radius 1 is 1.05 bits per heavy atom. The van der Waals surface area contributed by atoms with Gasteiger partial charge in [-0.05, 0) is 17.7 Å². The number of aliphatic hydroxyl groups excluding tert-OH is 1. The van der Waals surface area contributed by atoms with Crippen molar-refractivity contribution in [3.05, 3.63) is 47.8 Å². The molecule has 1 aromatic heterocycles. The van der Waals surface area contributed by atoms with Gasteiger partial charge in [0.15, 0.2) is 11.5 Å². The smallest absolute Gasteiger partial charge is 0.179 e. The average molecular weight is 275 g/mol. The first-order chi connectivity index (χ1) is 9.76. The Balaban J connectivity index is 2.08. The van der Waals surface area contributed by atoms with Crippen LogP contribution in [0.1, 0.15) is 11.3 Å². The van der Waals surface area contributed by atoms with E-state index in [1.165, 1.54) is 6.20 Å². The second-order valence-electron chi connectivity index (χ2n) is 4.12. The van der Waals surface area contributed by atoms with Gasteiger partial charge >= 0.3 is 0 Å². The Morgan fingerprint density at radius 3 is 2.40 bits per heavy atom. The molecule has 0 radical (unpaired) electrons. The third-order valence-corrected chi connectivity index (χ3v) is 2.82. The standard InChI is InChI=1S/C15H17NO4/c1-18-13-5-3-11(4-6-13)10-20-14-7-12(9-17)16-8-15(14)19-2/h3-8,17H,9-10H2,1-2H3. The molecule has 1 heterocycles. The Hall–Kier alpha value is -2.27. The molecule has 0 aliphatic rings. The molecule has 1 N–H and O–H groups in total. The fourth-order valence-electron chi connectivity index (χ4n) is 1.70. The molecule has 2 rings (SSSR count). The van der Waals surface area contributed by atoms with E-state index in [1.54, 1.807) is 20.3 Å². The molecule has 0 unspecified atom stereocenters. The van der Waals surface area contributed by atoms with Gasteiger partial charge in [-0.1, -0.05) is 12.1 Å². The quantitative estimate of drug-likeness (QED) is 0.875. The highest BCUT2D eigenvalue weighted by molar-refractivity contribution is 5.39. The normalized spacial score (nSPS) is 10.2. The van der Waals surface area contributed by atoms with Gasteiger partial charge in [-0.15, -0.1) is 0 Å². The van der Waals surface area contributed by atoms with Crippen LogP contribution in [0.25, 0.3) is 0 Å². The summed E-state index contributed by atoms with van der Waals surface area (Å²) in [5, 5.41) is 9.10. The summed E-state index contributed by atoms with van der Waals surface area (Å²) in [6.45, 7) is 0.262. The number of aromatic nitrogens is 1. The van der Waals surface area contributed by atoms with Crippen molar-refractivity contribution in [3.8, 4) is 17.2 Å². The molecule has 5 nitrogen and oxygen atoms in total. The van der Waals surface area contributed by atoms with E-state index in [0.717, 1.165) is 11.3 Å². The highest BCUT2D eigenvalue weighted by Gasteiger charge is 2.07. The molecule has 0 aliphatic carbocycles. The van der Waals surface area contributed by atoms with Gasteiger partial charge in [-0.25, -0.2) is 0 Å². The summed E-state index contributed by atoms with van der Waals surface area (Å²) in [5.74, 6) is 1.90. The van der Waals surface area contributed by atoms with E-state index < -0.39 is 0 Å². The minimum absolute atomic E-state index is 0.136. The topological polar surface area (TPSA) is 60.8 Å². The predicted octanol–water partition coefficient (Wildman–Crippen LogP) is 2.17. The maximum Gasteiger partial charge on any atom is 0.179 e. The van der Waals surface area contributed by atoms with Crippen LogP contribution in [0.15, 0.2) is 36.5 Å². The first-order valence-electron chi connectivity index (χ1n) is 6.16. The van der Waals surface area contributed by atoms with Crippen molar-refractivity contribution in [2.45, 2.75) is 13.2 Å². The average Bonchev–Trinajstić information content (AvgIpc) is 2.53. The zero-order valence-electron chi connectivity index (χ0n) is 11.5. The Labute approximate surface area is 117 Å². The van der Waals surface area contributed by atoms with E-state index in [2.05, 4.69) is 4.98 Å². The number of hydrogen-bond donors (Lipinski definition) is 1. The van der Waals surface area contributed by atoms with Crippen molar-refractivity contribution in [2.75, 3.05) is 14.2 Å². The number of hydrogen-bond acceptors (Lipinski definition) is 5. The molecule has 106 valence electrons. The van der Waals surface area contributed by atoms with E-state index in [4.69, 9.17) is 19.3 Å². The maximum absolute atomic E-state index is 9.10. The number of ether oxygens (including phenoxy) is 3. The van der Waals surface area contributed by atoms with Crippen LogP contribution in [-0.4, -0.2) is 24.3 Å². The second kappa shape index (κ2) is 6.77. The molecular formula is C15H17NO4. The second-order valence-corrected chi connectivity index (χ2v) is 4.12. The first-order valence-corrected chi connectivity index (χ1v) is 6.16. The van der Waals surface area contributed by atoms with Crippen LogP contribution >= 0.6 is 0 Å². The van der Waals surface area contributed by atoms with Crippen molar-refractivity contribution >= 4 is 0 Å². The highest BCUT2D eigenvalue weighted by Crippen LogP contribution is 2.27. The van der Waals surface area contributed by atoms with E-state index in [1.807, 2.05) is 24.3 Å². The third kappa shape index (κ3) is 3.39. The lowest BCUT2D eigenvalue weighted by atomic mass is 10.2. The van der Waals surface area contributed by atoms with Crippen LogP contribution in [0, 0.1) is 0 Å². The fraction of sp³-hybridized carbons (Fsp3) is 0.267. The number of methoxy groups -OCH3 is 2. The van der Waals surface area contributed by atoms with Crippen LogP contribution in [0.5, 0.6) is 17.2 Å². The number of aliphatic hydroxyl groups is 1. The maximum atomic E-state index is 9.10. The summed E-state index contributed by atoms with van der Waals surface area (Å²) in [5.41, 5.74) is 1.55.